The van der Waals surface area contributed by atoms with Crippen molar-refractivity contribution in [1.82, 2.24) is 14.9 Å². The number of hydrogen-bond acceptors (Lipinski definition) is 4. The Morgan fingerprint density at radius 1 is 1.56 bits per heavy atom. The first-order valence-electron chi connectivity index (χ1n) is 5.43. The van der Waals surface area contributed by atoms with Gasteiger partial charge < -0.3 is 9.84 Å². The maximum Gasteiger partial charge on any atom is 0.250 e. The summed E-state index contributed by atoms with van der Waals surface area (Å²) in [5.41, 5.74) is 0.746. The quantitative estimate of drug-likeness (QED) is 0.927. The summed E-state index contributed by atoms with van der Waals surface area (Å²) in [6.45, 7) is 5.29. The van der Waals surface area contributed by atoms with E-state index >= 15 is 0 Å². The largest absolute Gasteiger partial charge is 0.360 e. The fourth-order valence-electron chi connectivity index (χ4n) is 1.56. The normalized spacial score (nSPS) is 12.4. The third-order valence-electron chi connectivity index (χ3n) is 2.61. The molecule has 0 aliphatic carbocycles. The molecule has 2 aromatic rings. The lowest BCUT2D eigenvalue weighted by Gasteiger charge is -2.13. The minimum atomic E-state index is -0.477. The van der Waals surface area contributed by atoms with E-state index in [9.17, 15) is 4.79 Å². The van der Waals surface area contributed by atoms with E-state index in [0.29, 0.717) is 16.6 Å². The van der Waals surface area contributed by atoms with Crippen molar-refractivity contribution in [2.75, 3.05) is 5.32 Å². The molecule has 0 radical (unpaired) electrons. The summed E-state index contributed by atoms with van der Waals surface area (Å²) in [6, 6.07) is 1.17. The molecule has 2 heterocycles. The third kappa shape index (κ3) is 2.38. The van der Waals surface area contributed by atoms with Gasteiger partial charge in [-0.15, -0.1) is 0 Å². The zero-order valence-corrected chi connectivity index (χ0v) is 11.0. The second kappa shape index (κ2) is 4.81. The van der Waals surface area contributed by atoms with Gasteiger partial charge in [-0.2, -0.15) is 5.10 Å². The highest BCUT2D eigenvalue weighted by Gasteiger charge is 2.19. The zero-order chi connectivity index (χ0) is 13.3. The van der Waals surface area contributed by atoms with Crippen LogP contribution < -0.4 is 5.32 Å². The number of nitrogens with zero attached hydrogens (tertiary/aromatic N) is 3. The number of hydrogen-bond donors (Lipinski definition) is 1. The maximum absolute atomic E-state index is 12.0. The number of halogens is 1. The van der Waals surface area contributed by atoms with Crippen LogP contribution in [0.5, 0.6) is 0 Å². The molecule has 0 bridgehead atoms. The van der Waals surface area contributed by atoms with E-state index in [1.165, 1.54) is 6.20 Å². The molecule has 7 heteroatoms. The summed E-state index contributed by atoms with van der Waals surface area (Å²) in [7, 11) is 0. The van der Waals surface area contributed by atoms with Crippen LogP contribution in [0.4, 0.5) is 5.82 Å². The molecule has 0 spiro atoms. The van der Waals surface area contributed by atoms with Gasteiger partial charge in [0.2, 0.25) is 5.91 Å². The molecule has 0 aromatic carbocycles. The Morgan fingerprint density at radius 2 is 2.28 bits per heavy atom. The van der Waals surface area contributed by atoms with Gasteiger partial charge in [0, 0.05) is 6.07 Å². The SMILES string of the molecule is Cc1cc(NC(=O)[C@H](C)n2ncc(Cl)c2C)no1. The molecule has 0 saturated carbocycles. The van der Waals surface area contributed by atoms with Crippen LogP contribution in [0.1, 0.15) is 24.4 Å². The van der Waals surface area contributed by atoms with Gasteiger partial charge in [0.1, 0.15) is 11.8 Å². The Morgan fingerprint density at radius 3 is 2.78 bits per heavy atom. The first kappa shape index (κ1) is 12.6. The molecule has 1 amide bonds. The lowest BCUT2D eigenvalue weighted by molar-refractivity contribution is -0.119. The Bertz CT molecular complexity index is 575. The monoisotopic (exact) mass is 268 g/mol. The summed E-state index contributed by atoms with van der Waals surface area (Å²) < 4.78 is 6.43. The lowest BCUT2D eigenvalue weighted by Crippen LogP contribution is -2.25. The van der Waals surface area contributed by atoms with Crippen molar-refractivity contribution in [3.05, 3.63) is 28.7 Å². The van der Waals surface area contributed by atoms with Gasteiger partial charge in [-0.25, -0.2) is 0 Å². The van der Waals surface area contributed by atoms with Gasteiger partial charge in [0.15, 0.2) is 5.82 Å². The molecular formula is C11H13ClN4O2. The minimum Gasteiger partial charge on any atom is -0.360 e. The number of rotatable bonds is 3. The molecule has 1 atom stereocenters. The summed E-state index contributed by atoms with van der Waals surface area (Å²) in [5, 5.41) is 10.9. The number of aryl methyl sites for hydroxylation is 1. The van der Waals surface area contributed by atoms with Crippen molar-refractivity contribution in [3.8, 4) is 0 Å². The predicted octanol–water partition coefficient (Wildman–Crippen LogP) is 2.34. The Kier molecular flexibility index (Phi) is 3.38. The summed E-state index contributed by atoms with van der Waals surface area (Å²) in [6.07, 6.45) is 1.51. The molecule has 96 valence electrons. The molecule has 2 aromatic heterocycles. The van der Waals surface area contributed by atoms with Gasteiger partial charge in [0.25, 0.3) is 0 Å². The van der Waals surface area contributed by atoms with Crippen molar-refractivity contribution in [3.63, 3.8) is 0 Å². The molecule has 2 rings (SSSR count). The Balaban J connectivity index is 2.12. The second-order valence-electron chi connectivity index (χ2n) is 4.01. The van der Waals surface area contributed by atoms with Crippen LogP contribution in [0.2, 0.25) is 5.02 Å². The van der Waals surface area contributed by atoms with Crippen LogP contribution in [0, 0.1) is 13.8 Å². The summed E-state index contributed by atoms with van der Waals surface area (Å²) in [5.74, 6) is 0.794. The number of aromatic nitrogens is 3. The Hall–Kier alpha value is -1.82. The number of carbonyl (C=O) groups excluding carboxylic acids is 1. The highest BCUT2D eigenvalue weighted by molar-refractivity contribution is 6.31. The van der Waals surface area contributed by atoms with Gasteiger partial charge >= 0.3 is 0 Å². The van der Waals surface area contributed by atoms with Gasteiger partial charge in [-0.3, -0.25) is 9.48 Å². The van der Waals surface area contributed by atoms with E-state index in [1.807, 2.05) is 0 Å². The average molecular weight is 269 g/mol. The summed E-state index contributed by atoms with van der Waals surface area (Å²) >= 11 is 5.90. The Labute approximate surface area is 109 Å². The van der Waals surface area contributed by atoms with Crippen molar-refractivity contribution >= 4 is 23.3 Å². The van der Waals surface area contributed by atoms with Gasteiger partial charge in [-0.1, -0.05) is 16.8 Å². The highest BCUT2D eigenvalue weighted by Crippen LogP contribution is 2.19. The minimum absolute atomic E-state index is 0.230. The first-order chi connectivity index (χ1) is 8.49. The van der Waals surface area contributed by atoms with E-state index in [-0.39, 0.29) is 5.91 Å². The number of amides is 1. The van der Waals surface area contributed by atoms with E-state index in [2.05, 4.69) is 15.6 Å². The first-order valence-corrected chi connectivity index (χ1v) is 5.80. The standard InChI is InChI=1S/C11H13ClN4O2/c1-6-4-10(15-18-6)14-11(17)8(3)16-7(2)9(12)5-13-16/h4-5,8H,1-3H3,(H,14,15,17)/t8-/m0/s1. The second-order valence-corrected chi connectivity index (χ2v) is 4.42. The smallest absolute Gasteiger partial charge is 0.250 e. The highest BCUT2D eigenvalue weighted by atomic mass is 35.5. The number of anilines is 1. The van der Waals surface area contributed by atoms with Crippen molar-refractivity contribution in [2.45, 2.75) is 26.8 Å². The van der Waals surface area contributed by atoms with Gasteiger partial charge in [-0.05, 0) is 20.8 Å². The predicted molar refractivity (Wildman–Crippen MR) is 66.6 cm³/mol. The van der Waals surface area contributed by atoms with Crippen molar-refractivity contribution in [2.24, 2.45) is 0 Å². The summed E-state index contributed by atoms with van der Waals surface area (Å²) in [4.78, 5) is 12.0. The van der Waals surface area contributed by atoms with Gasteiger partial charge in [0.05, 0.1) is 16.9 Å². The van der Waals surface area contributed by atoms with Crippen LogP contribution in [0.25, 0.3) is 0 Å². The maximum atomic E-state index is 12.0. The van der Waals surface area contributed by atoms with E-state index < -0.39 is 6.04 Å². The zero-order valence-electron chi connectivity index (χ0n) is 10.3. The molecule has 1 N–H and O–H groups in total. The van der Waals surface area contributed by atoms with E-state index in [4.69, 9.17) is 16.1 Å². The fraction of sp³-hybridized carbons (Fsp3) is 0.364. The molecule has 0 saturated heterocycles. The van der Waals surface area contributed by atoms with E-state index in [1.54, 1.807) is 31.5 Å². The molecule has 0 unspecified atom stereocenters. The van der Waals surface area contributed by atoms with Crippen molar-refractivity contribution in [1.29, 1.82) is 0 Å². The molecule has 0 fully saturated rings. The van der Waals surface area contributed by atoms with Crippen LogP contribution in [0.15, 0.2) is 16.8 Å². The number of carbonyl (C=O) groups is 1. The molecular weight excluding hydrogens is 256 g/mol. The van der Waals surface area contributed by atoms with Crippen LogP contribution in [-0.2, 0) is 4.79 Å². The van der Waals surface area contributed by atoms with Crippen LogP contribution in [0.3, 0.4) is 0 Å². The molecule has 0 aliphatic heterocycles. The van der Waals surface area contributed by atoms with Crippen LogP contribution in [-0.4, -0.2) is 20.8 Å². The van der Waals surface area contributed by atoms with E-state index in [0.717, 1.165) is 5.69 Å². The third-order valence-corrected chi connectivity index (χ3v) is 2.98. The van der Waals surface area contributed by atoms with Crippen molar-refractivity contribution < 1.29 is 9.32 Å². The topological polar surface area (TPSA) is 73.0 Å². The molecule has 0 aliphatic rings. The lowest BCUT2D eigenvalue weighted by atomic mass is 10.3. The average Bonchev–Trinajstić information content (AvgIpc) is 2.87. The molecule has 6 nitrogen and oxygen atoms in total. The molecule has 18 heavy (non-hydrogen) atoms. The number of nitrogens with one attached hydrogen (secondary N) is 1. The van der Waals surface area contributed by atoms with Crippen LogP contribution >= 0.6 is 11.6 Å². The fourth-order valence-corrected chi connectivity index (χ4v) is 1.69.